The number of anilines is 2. The van der Waals surface area contributed by atoms with Gasteiger partial charge in [0.05, 0.1) is 4.88 Å². The number of fused-ring (bicyclic) bond motifs is 13. The van der Waals surface area contributed by atoms with Crippen LogP contribution in [0.2, 0.25) is 0 Å². The Morgan fingerprint density at radius 2 is 1.51 bits per heavy atom. The Bertz CT molecular complexity index is 3150. The molecule has 7 aliphatic rings. The standard InChI is InChI=1S/C64H67NO2S4/c1-7-8-9-12-20-43-34-55(60-40(4)59-57(69-60)36-46(37-66)68-59)71-62(43)56-33-42-19-13-10-11-18-38(2)63(5)51-23-16-14-22-48(51)50-31-32-54(39(3)58(50)63)65(44-27-25-41(26-28-44)61(42)70-56)45-29-30-49-47-21-15-17-24-52(47)64(6,67)53(49)35-45/h14-17,21-33,35-40,55,58,60,67H,7-13,18-20,34H2,1-6H3. The van der Waals surface area contributed by atoms with E-state index in [1.165, 1.54) is 111 Å². The van der Waals surface area contributed by atoms with Crippen molar-refractivity contribution in [3.05, 3.63) is 169 Å². The van der Waals surface area contributed by atoms with E-state index in [9.17, 15) is 9.90 Å². The number of hydrogen-bond acceptors (Lipinski definition) is 7. The highest BCUT2D eigenvalue weighted by Gasteiger charge is 2.53. The van der Waals surface area contributed by atoms with Crippen LogP contribution in [0.1, 0.15) is 159 Å². The quantitative estimate of drug-likeness (QED) is 0.115. The van der Waals surface area contributed by atoms with Crippen molar-refractivity contribution in [3.8, 4) is 21.6 Å². The Morgan fingerprint density at radius 1 is 0.746 bits per heavy atom. The van der Waals surface area contributed by atoms with Gasteiger partial charge in [0.1, 0.15) is 5.60 Å². The maximum Gasteiger partial charge on any atom is 0.160 e. The van der Waals surface area contributed by atoms with Gasteiger partial charge in [-0.15, -0.1) is 46.2 Å². The molecule has 0 saturated heterocycles. The number of hydrogen-bond donors (Lipinski definition) is 1. The van der Waals surface area contributed by atoms with Crippen LogP contribution in [0, 0.1) is 17.8 Å². The van der Waals surface area contributed by atoms with Gasteiger partial charge in [0.2, 0.25) is 0 Å². The number of rotatable bonds is 9. The normalized spacial score (nSPS) is 27.5. The molecule has 6 aromatic rings. The minimum Gasteiger partial charge on any atom is -0.381 e. The molecule has 2 aromatic heterocycles. The van der Waals surface area contributed by atoms with Gasteiger partial charge >= 0.3 is 0 Å². The molecule has 4 aliphatic heterocycles. The van der Waals surface area contributed by atoms with E-state index in [4.69, 9.17) is 0 Å². The van der Waals surface area contributed by atoms with Gasteiger partial charge in [0, 0.05) is 75.2 Å². The van der Waals surface area contributed by atoms with Crippen LogP contribution in [0.25, 0.3) is 32.0 Å². The second-order valence-corrected chi connectivity index (χ2v) is 26.6. The third kappa shape index (κ3) is 7.88. The molecule has 8 atom stereocenters. The molecule has 13 rings (SSSR count). The number of aryl methyl sites for hydroxylation is 1. The second-order valence-electron chi connectivity index (χ2n) is 22.0. The predicted molar refractivity (Wildman–Crippen MR) is 306 cm³/mol. The lowest BCUT2D eigenvalue weighted by molar-refractivity contribution is 0.107. The average molecular weight is 1010 g/mol. The van der Waals surface area contributed by atoms with Crippen molar-refractivity contribution in [1.29, 1.82) is 0 Å². The molecule has 7 heteroatoms. The lowest BCUT2D eigenvalue weighted by Gasteiger charge is -2.45. The molecule has 6 heterocycles. The first kappa shape index (κ1) is 47.6. The van der Waals surface area contributed by atoms with Gasteiger partial charge in [0.25, 0.3) is 0 Å². The van der Waals surface area contributed by atoms with E-state index in [1.807, 2.05) is 36.1 Å². The zero-order valence-corrected chi connectivity index (χ0v) is 45.5. The fourth-order valence-corrected chi connectivity index (χ4v) is 20.0. The van der Waals surface area contributed by atoms with Crippen LogP contribution >= 0.6 is 46.2 Å². The lowest BCUT2D eigenvalue weighted by Crippen LogP contribution is -2.41. The maximum atomic E-state index is 12.3. The zero-order valence-electron chi connectivity index (χ0n) is 42.2. The van der Waals surface area contributed by atoms with E-state index >= 15 is 0 Å². The summed E-state index contributed by atoms with van der Waals surface area (Å²) in [6.45, 7) is 14.3. The van der Waals surface area contributed by atoms with E-state index in [2.05, 4.69) is 160 Å². The van der Waals surface area contributed by atoms with Crippen LogP contribution in [0.15, 0.2) is 131 Å². The fraction of sp³-hybridized carbons (Fsp3) is 0.391. The molecule has 0 fully saturated rings. The highest BCUT2D eigenvalue weighted by Crippen LogP contribution is 2.62. The molecule has 3 nitrogen and oxygen atoms in total. The SMILES string of the molecule is CCCCCCC1=C(c2cc3c(s2)-c2ccc(cc2)N(c2ccc4c(c2)C(C)(O)c2ccccc2-4)C2=CC=C4c5ccccc5C(C)(C(C)CCCCC3)C4C2C)SC(C2Sc3cc(C=O)sc3C2C)C1. The van der Waals surface area contributed by atoms with Crippen LogP contribution in [0.5, 0.6) is 0 Å². The first-order valence-corrected chi connectivity index (χ1v) is 30.0. The third-order valence-electron chi connectivity index (χ3n) is 17.8. The Balaban J connectivity index is 0.950. The minimum absolute atomic E-state index is 0.0265. The molecule has 4 aromatic carbocycles. The number of thioether (sulfide) groups is 2. The van der Waals surface area contributed by atoms with Crippen molar-refractivity contribution in [2.45, 2.75) is 145 Å². The second kappa shape index (κ2) is 18.8. The van der Waals surface area contributed by atoms with Crippen LogP contribution in [-0.4, -0.2) is 21.9 Å². The van der Waals surface area contributed by atoms with Gasteiger partial charge < -0.3 is 10.0 Å². The number of aldehydes is 1. The van der Waals surface area contributed by atoms with Gasteiger partial charge in [-0.2, -0.15) is 0 Å². The molecule has 364 valence electrons. The Morgan fingerprint density at radius 3 is 2.30 bits per heavy atom. The first-order valence-electron chi connectivity index (χ1n) is 26.7. The molecule has 4 bridgehead atoms. The number of thiophene rings is 2. The largest absolute Gasteiger partial charge is 0.381 e. The van der Waals surface area contributed by atoms with Gasteiger partial charge in [-0.05, 0) is 144 Å². The van der Waals surface area contributed by atoms with Gasteiger partial charge in [0.15, 0.2) is 6.29 Å². The van der Waals surface area contributed by atoms with E-state index in [-0.39, 0.29) is 11.3 Å². The lowest BCUT2D eigenvalue weighted by atomic mass is 9.61. The van der Waals surface area contributed by atoms with Crippen molar-refractivity contribution in [1.82, 2.24) is 0 Å². The number of allylic oxidation sites excluding steroid dienone is 5. The number of unbranched alkanes of at least 4 members (excludes halogenated alkanes) is 3. The summed E-state index contributed by atoms with van der Waals surface area (Å²) in [6.07, 6.45) is 19.3. The number of benzene rings is 4. The molecule has 8 unspecified atom stereocenters. The van der Waals surface area contributed by atoms with Crippen LogP contribution in [0.4, 0.5) is 11.4 Å². The molecule has 1 N–H and O–H groups in total. The smallest absolute Gasteiger partial charge is 0.160 e. The van der Waals surface area contributed by atoms with Crippen LogP contribution in [0.3, 0.4) is 0 Å². The first-order chi connectivity index (χ1) is 34.5. The number of nitrogens with zero attached hydrogens (tertiary/aromatic N) is 1. The Hall–Kier alpha value is -4.37. The summed E-state index contributed by atoms with van der Waals surface area (Å²) in [4.78, 5) is 22.3. The molecule has 71 heavy (non-hydrogen) atoms. The summed E-state index contributed by atoms with van der Waals surface area (Å²) in [7, 11) is 0. The van der Waals surface area contributed by atoms with Gasteiger partial charge in [-0.25, -0.2) is 0 Å². The zero-order chi connectivity index (χ0) is 48.8. The Kier molecular flexibility index (Phi) is 12.6. The average Bonchev–Trinajstić information content (AvgIpc) is 4.24. The summed E-state index contributed by atoms with van der Waals surface area (Å²) < 4.78 is 0. The fourth-order valence-electron chi connectivity index (χ4n) is 13.9. The van der Waals surface area contributed by atoms with Gasteiger partial charge in [-0.3, -0.25) is 4.79 Å². The number of aliphatic hydroxyl groups is 1. The topological polar surface area (TPSA) is 40.5 Å². The van der Waals surface area contributed by atoms with E-state index < -0.39 is 5.60 Å². The highest BCUT2D eigenvalue weighted by atomic mass is 32.2. The van der Waals surface area contributed by atoms with E-state index in [0.29, 0.717) is 28.3 Å². The molecule has 0 spiro atoms. The highest BCUT2D eigenvalue weighted by molar-refractivity contribution is 8.10. The number of carbonyl (C=O) groups excluding carboxylic acids is 1. The molecular formula is C64H67NO2S4. The van der Waals surface area contributed by atoms with E-state index in [1.54, 1.807) is 21.8 Å². The van der Waals surface area contributed by atoms with Crippen molar-refractivity contribution < 1.29 is 9.90 Å². The molecule has 0 saturated carbocycles. The molecule has 0 radical (unpaired) electrons. The van der Waals surface area contributed by atoms with Crippen molar-refractivity contribution >= 4 is 74.3 Å². The van der Waals surface area contributed by atoms with Crippen LogP contribution in [-0.2, 0) is 17.4 Å². The summed E-state index contributed by atoms with van der Waals surface area (Å²) in [5, 5.41) is 13.3. The monoisotopic (exact) mass is 1010 g/mol. The Labute approximate surface area is 439 Å². The summed E-state index contributed by atoms with van der Waals surface area (Å²) >= 11 is 7.95. The van der Waals surface area contributed by atoms with Crippen molar-refractivity contribution in [2.75, 3.05) is 4.90 Å². The van der Waals surface area contributed by atoms with Crippen molar-refractivity contribution in [3.63, 3.8) is 0 Å². The molecule has 0 amide bonds. The number of carbonyl (C=O) groups is 1. The minimum atomic E-state index is -1.09. The third-order valence-corrected chi connectivity index (χ3v) is 23.8. The van der Waals surface area contributed by atoms with E-state index in [0.717, 1.165) is 57.6 Å². The predicted octanol–water partition coefficient (Wildman–Crippen LogP) is 18.4. The summed E-state index contributed by atoms with van der Waals surface area (Å²) in [6, 6.07) is 38.8. The summed E-state index contributed by atoms with van der Waals surface area (Å²) in [5.74, 6) is 1.50. The van der Waals surface area contributed by atoms with Crippen molar-refractivity contribution in [2.24, 2.45) is 17.8 Å². The summed E-state index contributed by atoms with van der Waals surface area (Å²) in [5.41, 5.74) is 15.5. The van der Waals surface area contributed by atoms with Crippen LogP contribution < -0.4 is 4.90 Å². The maximum absolute atomic E-state index is 12.3. The molecular weight excluding hydrogens is 943 g/mol. The van der Waals surface area contributed by atoms with Gasteiger partial charge in [-0.1, -0.05) is 145 Å². The molecule has 3 aliphatic carbocycles.